The first-order valence-corrected chi connectivity index (χ1v) is 18.8. The maximum absolute atomic E-state index is 11.4. The van der Waals surface area contributed by atoms with E-state index >= 15 is 0 Å². The van der Waals surface area contributed by atoms with Gasteiger partial charge >= 0.3 is 0 Å². The van der Waals surface area contributed by atoms with E-state index in [0.717, 1.165) is 5.56 Å². The Morgan fingerprint density at radius 2 is 1.40 bits per heavy atom. The van der Waals surface area contributed by atoms with Crippen molar-refractivity contribution >= 4 is 11.0 Å². The average Bonchev–Trinajstić information content (AvgIpc) is 3.67. The Morgan fingerprint density at radius 1 is 0.702 bits per heavy atom. The zero-order valence-corrected chi connectivity index (χ0v) is 33.0. The number of phenolic OH excluding ortho intramolecular Hbond substituents is 1. The molecule has 57 heavy (non-hydrogen) atoms. The number of imidazole rings is 1. The average molecular weight is 759 g/mol. The quantitative estimate of drug-likeness (QED) is 0.168. The number of para-hydroxylation sites is 2. The predicted octanol–water partition coefficient (Wildman–Crippen LogP) is 14.3. The summed E-state index contributed by atoms with van der Waals surface area (Å²) in [5, 5.41) is 11.4. The summed E-state index contributed by atoms with van der Waals surface area (Å²) in [7, 11) is 0. The first-order chi connectivity index (χ1) is 32.5. The normalized spacial score (nSPS) is 15.7. The van der Waals surface area contributed by atoms with E-state index in [1.54, 1.807) is 86.9 Å². The highest BCUT2D eigenvalue weighted by atomic mass is 16.3. The molecule has 2 aromatic heterocycles. The van der Waals surface area contributed by atoms with Crippen molar-refractivity contribution in [1.29, 1.82) is 0 Å². The SMILES string of the molecule is [2H]c1nc(-c2cc(-c3cccc4c3nc(-c3ccccc3O)n4-c3ccc(-c4c(C([2H])(C)C)cccc4C([2H])(C)C)cc3C([2H])([2H])[2H])cc(C(C)(C)C)c2)c([2H])c(-c2c([2H])c([2H])c([2H])c([2H])c2[2H])c1[2H]. The number of phenols is 1. The lowest BCUT2D eigenvalue weighted by Crippen LogP contribution is -2.11. The summed E-state index contributed by atoms with van der Waals surface area (Å²) in [5.74, 6) is -2.08. The Hall–Kier alpha value is -6.26. The van der Waals surface area contributed by atoms with Gasteiger partial charge in [0.2, 0.25) is 0 Å². The van der Waals surface area contributed by atoms with E-state index in [0.29, 0.717) is 55.5 Å². The highest BCUT2D eigenvalue weighted by molar-refractivity contribution is 5.97. The summed E-state index contributed by atoms with van der Waals surface area (Å²) in [4.78, 5) is 9.59. The maximum Gasteiger partial charge on any atom is 0.149 e. The minimum atomic E-state index is -2.70. The third-order valence-corrected chi connectivity index (χ3v) is 10.2. The number of hydrogen-bond acceptors (Lipinski definition) is 3. The molecule has 0 aliphatic heterocycles. The number of fused-ring (bicyclic) bond motifs is 1. The minimum Gasteiger partial charge on any atom is -0.507 e. The fraction of sp³-hybridized carbons (Fsp3) is 0.208. The molecule has 0 aliphatic rings. The van der Waals surface area contributed by atoms with Gasteiger partial charge in [-0.2, -0.15) is 0 Å². The van der Waals surface area contributed by atoms with Gasteiger partial charge in [-0.25, -0.2) is 4.98 Å². The van der Waals surface area contributed by atoms with Crippen molar-refractivity contribution in [2.75, 3.05) is 0 Å². The molecule has 0 aliphatic carbocycles. The fourth-order valence-electron chi connectivity index (χ4n) is 7.31. The molecule has 0 spiro atoms. The Labute approximate surface area is 355 Å². The molecule has 0 fully saturated rings. The number of aromatic nitrogens is 3. The van der Waals surface area contributed by atoms with Crippen LogP contribution in [-0.4, -0.2) is 19.6 Å². The lowest BCUT2D eigenvalue weighted by molar-refractivity contribution is 0.477. The predicted molar refractivity (Wildman–Crippen MR) is 239 cm³/mol. The van der Waals surface area contributed by atoms with E-state index in [2.05, 4.69) is 4.98 Å². The molecule has 6 aromatic carbocycles. The number of hydrogen-bond donors (Lipinski definition) is 1. The van der Waals surface area contributed by atoms with Crippen LogP contribution >= 0.6 is 0 Å². The molecule has 4 heteroatoms. The molecule has 0 bridgehead atoms. The molecular weight excluding hydrogens is 695 g/mol. The van der Waals surface area contributed by atoms with Gasteiger partial charge in [-0.3, -0.25) is 9.55 Å². The van der Waals surface area contributed by atoms with Gasteiger partial charge < -0.3 is 5.11 Å². The van der Waals surface area contributed by atoms with Crippen molar-refractivity contribution in [2.24, 2.45) is 0 Å². The summed E-state index contributed by atoms with van der Waals surface area (Å²) < 4.78 is 116. The summed E-state index contributed by atoms with van der Waals surface area (Å²) in [6, 6.07) is 24.0. The van der Waals surface area contributed by atoms with Crippen LogP contribution in [0.15, 0.2) is 146 Å². The molecule has 0 saturated carbocycles. The highest BCUT2D eigenvalue weighted by Crippen LogP contribution is 2.42. The Morgan fingerprint density at radius 3 is 2.11 bits per heavy atom. The summed E-state index contributed by atoms with van der Waals surface area (Å²) in [5.41, 5.74) is 4.80. The van der Waals surface area contributed by atoms with E-state index in [4.69, 9.17) is 21.4 Å². The number of nitrogens with zero attached hydrogens (tertiary/aromatic N) is 3. The molecule has 0 atom stereocenters. The topological polar surface area (TPSA) is 50.9 Å². The van der Waals surface area contributed by atoms with Gasteiger partial charge in [-0.05, 0) is 129 Å². The number of pyridine rings is 1. The van der Waals surface area contributed by atoms with E-state index in [1.807, 2.05) is 57.2 Å². The van der Waals surface area contributed by atoms with Crippen molar-refractivity contribution in [1.82, 2.24) is 14.5 Å². The second-order valence-electron chi connectivity index (χ2n) is 15.7. The smallest absolute Gasteiger partial charge is 0.149 e. The van der Waals surface area contributed by atoms with Crippen molar-refractivity contribution in [2.45, 2.75) is 72.5 Å². The monoisotopic (exact) mass is 758 g/mol. The molecule has 4 nitrogen and oxygen atoms in total. The van der Waals surface area contributed by atoms with Gasteiger partial charge in [0.15, 0.2) is 0 Å². The maximum atomic E-state index is 11.4. The standard InChI is InChI=1S/C53H51N3O/c1-33(2)42-19-14-20-43(34(3)4)50(42)38-24-25-47(35(5)28-38)56-48-22-15-21-44(51(48)55-52(56)45-18-12-13-23-49(45)57)39-29-40(31-41(30-39)53(6,7)8)46-32-37(26-27-54-46)36-16-10-9-11-17-36/h9-34,57H,1-8H3/i5D3,9D,10D,11D,16D,17D,26D,27D,32D,33D,34D. The van der Waals surface area contributed by atoms with Gasteiger partial charge in [0.25, 0.3) is 0 Å². The second kappa shape index (κ2) is 15.0. The molecule has 8 aromatic rings. The molecule has 1 N–H and O–H groups in total. The van der Waals surface area contributed by atoms with Crippen molar-refractivity contribution in [3.63, 3.8) is 0 Å². The third kappa shape index (κ3) is 7.17. The first-order valence-electron chi connectivity index (χ1n) is 25.3. The summed E-state index contributed by atoms with van der Waals surface area (Å²) in [6.45, 7) is 10.3. The van der Waals surface area contributed by atoms with Crippen LogP contribution in [0.3, 0.4) is 0 Å². The van der Waals surface area contributed by atoms with Gasteiger partial charge in [0, 0.05) is 24.2 Å². The molecule has 8 rings (SSSR count). The van der Waals surface area contributed by atoms with Gasteiger partial charge in [-0.15, -0.1) is 0 Å². The molecule has 0 unspecified atom stereocenters. The van der Waals surface area contributed by atoms with Crippen molar-refractivity contribution < 1.29 is 22.9 Å². The Bertz CT molecular complexity index is 3370. The van der Waals surface area contributed by atoms with Crippen LogP contribution < -0.4 is 0 Å². The number of benzene rings is 6. The minimum absolute atomic E-state index is 0.0391. The lowest BCUT2D eigenvalue weighted by atomic mass is 9.83. The van der Waals surface area contributed by atoms with Crippen LogP contribution in [0.1, 0.15) is 100 Å². The summed E-state index contributed by atoms with van der Waals surface area (Å²) >= 11 is 0. The van der Waals surface area contributed by atoms with Gasteiger partial charge in [0.1, 0.15) is 11.6 Å². The number of rotatable bonds is 8. The van der Waals surface area contributed by atoms with E-state index in [1.165, 1.54) is 6.07 Å². The van der Waals surface area contributed by atoms with Crippen molar-refractivity contribution in [3.05, 3.63) is 168 Å². The first kappa shape index (κ1) is 25.1. The van der Waals surface area contributed by atoms with Crippen LogP contribution in [0, 0.1) is 6.85 Å². The van der Waals surface area contributed by atoms with Crippen LogP contribution in [0.4, 0.5) is 0 Å². The number of aromatic hydroxyl groups is 1. The second-order valence-corrected chi connectivity index (χ2v) is 15.7. The van der Waals surface area contributed by atoms with Crippen molar-refractivity contribution in [3.8, 4) is 67.5 Å². The van der Waals surface area contributed by atoms with Crippen LogP contribution in [-0.2, 0) is 5.41 Å². The zero-order valence-electron chi connectivity index (χ0n) is 46.0. The Kier molecular flexibility index (Phi) is 6.60. The lowest BCUT2D eigenvalue weighted by Gasteiger charge is -2.22. The van der Waals surface area contributed by atoms with Gasteiger partial charge in [0.05, 0.1) is 38.9 Å². The molecule has 2 heterocycles. The van der Waals surface area contributed by atoms with E-state index < -0.39 is 72.5 Å². The third-order valence-electron chi connectivity index (χ3n) is 10.2. The molecular formula is C53H51N3O. The largest absolute Gasteiger partial charge is 0.507 e. The molecule has 0 amide bonds. The van der Waals surface area contributed by atoms with Crippen LogP contribution in [0.5, 0.6) is 5.75 Å². The Balaban J connectivity index is 1.43. The highest BCUT2D eigenvalue weighted by Gasteiger charge is 2.24. The van der Waals surface area contributed by atoms with Crippen LogP contribution in [0.25, 0.3) is 72.7 Å². The molecule has 284 valence electrons. The molecule has 0 radical (unpaired) electrons. The fourth-order valence-corrected chi connectivity index (χ4v) is 7.31. The zero-order chi connectivity index (χ0) is 51.3. The van der Waals surface area contributed by atoms with E-state index in [9.17, 15) is 6.48 Å². The van der Waals surface area contributed by atoms with E-state index in [-0.39, 0.29) is 39.6 Å². The van der Waals surface area contributed by atoms with Crippen LogP contribution in [0.2, 0.25) is 0 Å². The molecule has 0 saturated heterocycles. The number of aryl methyl sites for hydroxylation is 1. The van der Waals surface area contributed by atoms with Gasteiger partial charge in [-0.1, -0.05) is 133 Å². The summed E-state index contributed by atoms with van der Waals surface area (Å²) in [6.07, 6.45) is -0.564.